The van der Waals surface area contributed by atoms with E-state index in [0.717, 1.165) is 23.4 Å². The fourth-order valence-electron chi connectivity index (χ4n) is 1.95. The summed E-state index contributed by atoms with van der Waals surface area (Å²) in [7, 11) is 0. The summed E-state index contributed by atoms with van der Waals surface area (Å²) in [5, 5.41) is 6.25. The minimum atomic E-state index is 0.135. The first-order valence-electron chi connectivity index (χ1n) is 5.55. The Hall–Kier alpha value is -1.71. The Kier molecular flexibility index (Phi) is 2.99. The van der Waals surface area contributed by atoms with Crippen molar-refractivity contribution in [3.8, 4) is 0 Å². The van der Waals surface area contributed by atoms with Gasteiger partial charge in [0.15, 0.2) is 0 Å². The molecule has 4 nitrogen and oxygen atoms in total. The summed E-state index contributed by atoms with van der Waals surface area (Å²) < 4.78 is 0. The normalized spacial score (nSPS) is 20.3. The van der Waals surface area contributed by atoms with Gasteiger partial charge >= 0.3 is 0 Å². The number of amides is 1. The minimum Gasteiger partial charge on any atom is -0.397 e. The zero-order valence-corrected chi connectivity index (χ0v) is 9.42. The molecule has 0 spiro atoms. The van der Waals surface area contributed by atoms with E-state index in [2.05, 4.69) is 10.6 Å². The average Bonchev–Trinajstić information content (AvgIpc) is 2.26. The Balaban J connectivity index is 2.06. The van der Waals surface area contributed by atoms with E-state index in [1.165, 1.54) is 0 Å². The Morgan fingerprint density at radius 1 is 1.50 bits per heavy atom. The summed E-state index contributed by atoms with van der Waals surface area (Å²) in [6, 6.07) is 6.14. The predicted octanol–water partition coefficient (Wildman–Crippen LogP) is 1.27. The minimum absolute atomic E-state index is 0.135. The molecular formula is C12H17N3O. The van der Waals surface area contributed by atoms with E-state index < -0.39 is 0 Å². The number of nitrogens with one attached hydrogen (secondary N) is 2. The van der Waals surface area contributed by atoms with Crippen LogP contribution in [0.15, 0.2) is 18.2 Å². The lowest BCUT2D eigenvalue weighted by Gasteiger charge is -2.26. The first kappa shape index (κ1) is 10.8. The maximum atomic E-state index is 11.0. The van der Waals surface area contributed by atoms with E-state index in [1.54, 1.807) is 0 Å². The van der Waals surface area contributed by atoms with E-state index in [4.69, 9.17) is 5.73 Å². The number of para-hydroxylation sites is 1. The van der Waals surface area contributed by atoms with Crippen LogP contribution in [0.25, 0.3) is 0 Å². The third kappa shape index (κ3) is 2.27. The molecule has 1 amide bonds. The highest BCUT2D eigenvalue weighted by molar-refractivity contribution is 5.77. The van der Waals surface area contributed by atoms with Gasteiger partial charge in [-0.2, -0.15) is 0 Å². The van der Waals surface area contributed by atoms with Gasteiger partial charge in [0.2, 0.25) is 5.91 Å². The van der Waals surface area contributed by atoms with Crippen molar-refractivity contribution < 1.29 is 4.79 Å². The van der Waals surface area contributed by atoms with Crippen molar-refractivity contribution in [1.29, 1.82) is 0 Å². The van der Waals surface area contributed by atoms with Crippen LogP contribution in [0.3, 0.4) is 0 Å². The second-order valence-electron chi connectivity index (χ2n) is 4.22. The average molecular weight is 219 g/mol. The topological polar surface area (TPSA) is 67.1 Å². The number of aryl methyl sites for hydroxylation is 1. The molecule has 1 heterocycles. The van der Waals surface area contributed by atoms with E-state index >= 15 is 0 Å². The highest BCUT2D eigenvalue weighted by Gasteiger charge is 2.18. The molecule has 4 heteroatoms. The van der Waals surface area contributed by atoms with Gasteiger partial charge in [0.1, 0.15) is 0 Å². The molecule has 0 aliphatic carbocycles. The number of carbonyl (C=O) groups excluding carboxylic acids is 1. The SMILES string of the molecule is Cc1cccc(N)c1NC1CCC(=O)NC1. The molecule has 1 aliphatic heterocycles. The molecule has 2 rings (SSSR count). The molecule has 0 radical (unpaired) electrons. The van der Waals surface area contributed by atoms with Crippen LogP contribution in [0.4, 0.5) is 11.4 Å². The summed E-state index contributed by atoms with van der Waals surface area (Å²) in [5.41, 5.74) is 8.80. The zero-order chi connectivity index (χ0) is 11.5. The number of nitrogens with two attached hydrogens (primary N) is 1. The first-order chi connectivity index (χ1) is 7.66. The van der Waals surface area contributed by atoms with Gasteiger partial charge in [-0.15, -0.1) is 0 Å². The third-order valence-corrected chi connectivity index (χ3v) is 2.92. The Morgan fingerprint density at radius 3 is 2.94 bits per heavy atom. The van der Waals surface area contributed by atoms with Crippen LogP contribution in [0, 0.1) is 6.92 Å². The predicted molar refractivity (Wildman–Crippen MR) is 65.2 cm³/mol. The van der Waals surface area contributed by atoms with Crippen molar-refractivity contribution in [1.82, 2.24) is 5.32 Å². The number of hydrogen-bond acceptors (Lipinski definition) is 3. The molecule has 16 heavy (non-hydrogen) atoms. The summed E-state index contributed by atoms with van der Waals surface area (Å²) in [4.78, 5) is 11.0. The maximum Gasteiger partial charge on any atom is 0.220 e. The van der Waals surface area contributed by atoms with Gasteiger partial charge in [-0.05, 0) is 25.0 Å². The molecule has 0 bridgehead atoms. The van der Waals surface area contributed by atoms with Crippen molar-refractivity contribution in [2.45, 2.75) is 25.8 Å². The lowest BCUT2D eigenvalue weighted by Crippen LogP contribution is -2.42. The summed E-state index contributed by atoms with van der Waals surface area (Å²) in [5.74, 6) is 0.135. The van der Waals surface area contributed by atoms with Crippen LogP contribution in [0.2, 0.25) is 0 Å². The molecule has 4 N–H and O–H groups in total. The molecule has 1 aliphatic rings. The molecule has 0 aromatic heterocycles. The number of nitrogen functional groups attached to an aromatic ring is 1. The van der Waals surface area contributed by atoms with Crippen molar-refractivity contribution in [3.63, 3.8) is 0 Å². The van der Waals surface area contributed by atoms with E-state index in [9.17, 15) is 4.79 Å². The number of rotatable bonds is 2. The smallest absolute Gasteiger partial charge is 0.220 e. The van der Waals surface area contributed by atoms with Crippen LogP contribution in [-0.2, 0) is 4.79 Å². The van der Waals surface area contributed by atoms with Gasteiger partial charge in [-0.3, -0.25) is 4.79 Å². The second-order valence-corrected chi connectivity index (χ2v) is 4.22. The second kappa shape index (κ2) is 4.43. The van der Waals surface area contributed by atoms with Gasteiger partial charge in [0.05, 0.1) is 11.4 Å². The number of benzene rings is 1. The third-order valence-electron chi connectivity index (χ3n) is 2.92. The van der Waals surface area contributed by atoms with Crippen molar-refractivity contribution >= 4 is 17.3 Å². The van der Waals surface area contributed by atoms with Gasteiger partial charge in [-0.1, -0.05) is 12.1 Å². The number of piperidine rings is 1. The van der Waals surface area contributed by atoms with Gasteiger partial charge in [-0.25, -0.2) is 0 Å². The van der Waals surface area contributed by atoms with Gasteiger partial charge in [0.25, 0.3) is 0 Å². The van der Waals surface area contributed by atoms with Crippen molar-refractivity contribution in [3.05, 3.63) is 23.8 Å². The summed E-state index contributed by atoms with van der Waals surface area (Å²) in [6.45, 7) is 2.70. The molecule has 86 valence electrons. The van der Waals surface area contributed by atoms with E-state index in [0.29, 0.717) is 13.0 Å². The standard InChI is InChI=1S/C12H17N3O/c1-8-3-2-4-10(13)12(8)15-9-5-6-11(16)14-7-9/h2-4,9,15H,5-7,13H2,1H3,(H,14,16). The molecule has 1 unspecified atom stereocenters. The zero-order valence-electron chi connectivity index (χ0n) is 9.42. The monoisotopic (exact) mass is 219 g/mol. The van der Waals surface area contributed by atoms with Crippen LogP contribution in [0.1, 0.15) is 18.4 Å². The highest BCUT2D eigenvalue weighted by atomic mass is 16.1. The Bertz CT molecular complexity index is 373. The molecule has 1 atom stereocenters. The summed E-state index contributed by atoms with van der Waals surface area (Å²) in [6.07, 6.45) is 1.45. The van der Waals surface area contributed by atoms with Gasteiger partial charge < -0.3 is 16.4 Å². The molecule has 1 aromatic carbocycles. The first-order valence-corrected chi connectivity index (χ1v) is 5.55. The van der Waals surface area contributed by atoms with Gasteiger partial charge in [0, 0.05) is 19.0 Å². The van der Waals surface area contributed by atoms with E-state index in [1.807, 2.05) is 25.1 Å². The fraction of sp³-hybridized carbons (Fsp3) is 0.417. The van der Waals surface area contributed by atoms with Crippen LogP contribution in [-0.4, -0.2) is 18.5 Å². The molecule has 1 saturated heterocycles. The number of carbonyl (C=O) groups is 1. The maximum absolute atomic E-state index is 11.0. The van der Waals surface area contributed by atoms with Crippen LogP contribution >= 0.6 is 0 Å². The molecular weight excluding hydrogens is 202 g/mol. The molecule has 0 saturated carbocycles. The van der Waals surface area contributed by atoms with Crippen molar-refractivity contribution in [2.75, 3.05) is 17.6 Å². The molecule has 1 aromatic rings. The summed E-state index contributed by atoms with van der Waals surface area (Å²) >= 11 is 0. The Labute approximate surface area is 95.2 Å². The Morgan fingerprint density at radius 2 is 2.31 bits per heavy atom. The molecule has 1 fully saturated rings. The lowest BCUT2D eigenvalue weighted by molar-refractivity contribution is -0.122. The number of hydrogen-bond donors (Lipinski definition) is 3. The lowest BCUT2D eigenvalue weighted by atomic mass is 10.1. The van der Waals surface area contributed by atoms with Crippen molar-refractivity contribution in [2.24, 2.45) is 0 Å². The van der Waals surface area contributed by atoms with Crippen LogP contribution in [0.5, 0.6) is 0 Å². The highest BCUT2D eigenvalue weighted by Crippen LogP contribution is 2.24. The largest absolute Gasteiger partial charge is 0.397 e. The quantitative estimate of drug-likeness (QED) is 0.656. The van der Waals surface area contributed by atoms with E-state index in [-0.39, 0.29) is 11.9 Å². The number of anilines is 2. The van der Waals surface area contributed by atoms with Crippen LogP contribution < -0.4 is 16.4 Å². The fourth-order valence-corrected chi connectivity index (χ4v) is 1.95.